The molecule has 2 aromatic carbocycles. The first-order valence-corrected chi connectivity index (χ1v) is 8.74. The number of aliphatic imine (C=N–C) groups is 1. The van der Waals surface area contributed by atoms with Gasteiger partial charge < -0.3 is 20.5 Å². The fourth-order valence-corrected chi connectivity index (χ4v) is 2.62. The molecular formula is C20H25F2N3O2. The van der Waals surface area contributed by atoms with E-state index in [-0.39, 0.29) is 11.5 Å². The second-order valence-electron chi connectivity index (χ2n) is 6.11. The first kappa shape index (κ1) is 20.5. The van der Waals surface area contributed by atoms with Gasteiger partial charge in [0.2, 0.25) is 0 Å². The molecule has 0 spiro atoms. The minimum absolute atomic E-state index is 0.158. The Kier molecular flexibility index (Phi) is 7.85. The van der Waals surface area contributed by atoms with Crippen LogP contribution in [-0.4, -0.2) is 31.3 Å². The van der Waals surface area contributed by atoms with Crippen LogP contribution >= 0.6 is 0 Å². The molecule has 0 unspecified atom stereocenters. The van der Waals surface area contributed by atoms with E-state index >= 15 is 0 Å². The van der Waals surface area contributed by atoms with Crippen LogP contribution in [0.25, 0.3) is 0 Å². The molecule has 0 bridgehead atoms. The highest BCUT2D eigenvalue weighted by Crippen LogP contribution is 2.22. The second-order valence-corrected chi connectivity index (χ2v) is 6.11. The summed E-state index contributed by atoms with van der Waals surface area (Å²) in [6, 6.07) is 12.2. The van der Waals surface area contributed by atoms with Crippen LogP contribution in [0.1, 0.15) is 23.1 Å². The first-order valence-electron chi connectivity index (χ1n) is 8.74. The zero-order valence-corrected chi connectivity index (χ0v) is 15.5. The summed E-state index contributed by atoms with van der Waals surface area (Å²) in [6.07, 6.45) is 1.75. The number of benzene rings is 2. The molecule has 3 N–H and O–H groups in total. The van der Waals surface area contributed by atoms with Crippen LogP contribution in [0.3, 0.4) is 0 Å². The molecule has 7 heteroatoms. The number of aryl methyl sites for hydroxylation is 2. The quantitative estimate of drug-likeness (QED) is 0.374. The maximum atomic E-state index is 12.5. The molecule has 0 amide bonds. The average Bonchev–Trinajstić information content (AvgIpc) is 2.64. The van der Waals surface area contributed by atoms with Crippen LogP contribution in [0.2, 0.25) is 0 Å². The van der Waals surface area contributed by atoms with Gasteiger partial charge in [-0.15, -0.1) is 0 Å². The zero-order chi connectivity index (χ0) is 19.6. The van der Waals surface area contributed by atoms with E-state index < -0.39 is 6.61 Å². The molecule has 0 radical (unpaired) electrons. The van der Waals surface area contributed by atoms with Gasteiger partial charge in [-0.1, -0.05) is 29.8 Å². The molecule has 0 aliphatic carbocycles. The first-order chi connectivity index (χ1) is 13.0. The smallest absolute Gasteiger partial charge is 0.387 e. The van der Waals surface area contributed by atoms with Crippen molar-refractivity contribution in [3.05, 3.63) is 59.2 Å². The Bertz CT molecular complexity index is 749. The predicted octanol–water partition coefficient (Wildman–Crippen LogP) is 3.60. The summed E-state index contributed by atoms with van der Waals surface area (Å²) in [4.78, 5) is 4.14. The maximum Gasteiger partial charge on any atom is 0.387 e. The molecular weight excluding hydrogens is 352 g/mol. The number of ether oxygens (including phenoxy) is 1. The Hall–Kier alpha value is -2.83. The monoisotopic (exact) mass is 377 g/mol. The third-order valence-corrected chi connectivity index (χ3v) is 3.97. The van der Waals surface area contributed by atoms with E-state index in [1.165, 1.54) is 0 Å². The number of halogens is 2. The van der Waals surface area contributed by atoms with Crippen molar-refractivity contribution in [1.82, 2.24) is 10.6 Å². The molecule has 2 aromatic rings. The standard InChI is InChI=1S/C20H25F2N3O2/c1-14-5-10-18(27-19(21)22)16(12-14)13-25-20(23-2)24-11-3-4-15-6-8-17(26)9-7-15/h5-10,12,19,26H,3-4,11,13H2,1-2H3,(H2,23,24,25). The van der Waals surface area contributed by atoms with Crippen LogP contribution in [0.4, 0.5) is 8.78 Å². The number of aromatic hydroxyl groups is 1. The summed E-state index contributed by atoms with van der Waals surface area (Å²) >= 11 is 0. The SMILES string of the molecule is CN=C(NCCCc1ccc(O)cc1)NCc1cc(C)ccc1OC(F)F. The number of hydrogen-bond donors (Lipinski definition) is 3. The van der Waals surface area contributed by atoms with E-state index in [4.69, 9.17) is 0 Å². The van der Waals surface area contributed by atoms with Gasteiger partial charge in [-0.2, -0.15) is 8.78 Å². The summed E-state index contributed by atoms with van der Waals surface area (Å²) in [5.74, 6) is 1.00. The zero-order valence-electron chi connectivity index (χ0n) is 15.5. The van der Waals surface area contributed by atoms with Crippen molar-refractivity contribution in [2.24, 2.45) is 4.99 Å². The highest BCUT2D eigenvalue weighted by molar-refractivity contribution is 5.79. The van der Waals surface area contributed by atoms with Gasteiger partial charge in [0.15, 0.2) is 5.96 Å². The van der Waals surface area contributed by atoms with Gasteiger partial charge in [0, 0.05) is 25.7 Å². The van der Waals surface area contributed by atoms with E-state index in [2.05, 4.69) is 20.4 Å². The molecule has 0 saturated heterocycles. The van der Waals surface area contributed by atoms with Crippen molar-refractivity contribution in [2.75, 3.05) is 13.6 Å². The van der Waals surface area contributed by atoms with Crippen molar-refractivity contribution in [3.63, 3.8) is 0 Å². The number of alkyl halides is 2. The molecule has 0 saturated carbocycles. The van der Waals surface area contributed by atoms with Gasteiger partial charge in [0.05, 0.1) is 0 Å². The van der Waals surface area contributed by atoms with Gasteiger partial charge in [-0.05, 0) is 43.5 Å². The van der Waals surface area contributed by atoms with Crippen LogP contribution in [0.15, 0.2) is 47.5 Å². The third kappa shape index (κ3) is 7.13. The lowest BCUT2D eigenvalue weighted by molar-refractivity contribution is -0.0504. The molecule has 0 atom stereocenters. The van der Waals surface area contributed by atoms with Crippen molar-refractivity contribution >= 4 is 5.96 Å². The lowest BCUT2D eigenvalue weighted by atomic mass is 10.1. The molecule has 0 fully saturated rings. The largest absolute Gasteiger partial charge is 0.508 e. The maximum absolute atomic E-state index is 12.5. The predicted molar refractivity (Wildman–Crippen MR) is 102 cm³/mol. The number of nitrogens with one attached hydrogen (secondary N) is 2. The van der Waals surface area contributed by atoms with E-state index in [0.717, 1.165) is 24.0 Å². The third-order valence-electron chi connectivity index (χ3n) is 3.97. The number of phenols is 1. The highest BCUT2D eigenvalue weighted by Gasteiger charge is 2.10. The summed E-state index contributed by atoms with van der Waals surface area (Å²) in [5, 5.41) is 15.6. The fraction of sp³-hybridized carbons (Fsp3) is 0.350. The van der Waals surface area contributed by atoms with Gasteiger partial charge in [0.25, 0.3) is 0 Å². The van der Waals surface area contributed by atoms with Crippen LogP contribution < -0.4 is 15.4 Å². The van der Waals surface area contributed by atoms with E-state index in [1.54, 1.807) is 31.3 Å². The molecule has 0 aliphatic rings. The van der Waals surface area contributed by atoms with Gasteiger partial charge in [-0.3, -0.25) is 4.99 Å². The van der Waals surface area contributed by atoms with Crippen molar-refractivity contribution in [3.8, 4) is 11.5 Å². The van der Waals surface area contributed by atoms with Crippen LogP contribution in [-0.2, 0) is 13.0 Å². The normalized spacial score (nSPS) is 11.5. The molecule has 0 heterocycles. The average molecular weight is 377 g/mol. The van der Waals surface area contributed by atoms with Crippen molar-refractivity contribution in [1.29, 1.82) is 0 Å². The van der Waals surface area contributed by atoms with Crippen LogP contribution in [0, 0.1) is 6.92 Å². The Morgan fingerprint density at radius 3 is 2.56 bits per heavy atom. The molecule has 2 rings (SSSR count). The highest BCUT2D eigenvalue weighted by atomic mass is 19.3. The van der Waals surface area contributed by atoms with Crippen molar-refractivity contribution < 1.29 is 18.6 Å². The topological polar surface area (TPSA) is 65.9 Å². The van der Waals surface area contributed by atoms with Crippen molar-refractivity contribution in [2.45, 2.75) is 32.9 Å². The number of hydrogen-bond acceptors (Lipinski definition) is 3. The molecule has 146 valence electrons. The Morgan fingerprint density at radius 1 is 1.15 bits per heavy atom. The number of phenolic OH excluding ortho intramolecular Hbond substituents is 1. The minimum Gasteiger partial charge on any atom is -0.508 e. The Balaban J connectivity index is 1.81. The minimum atomic E-state index is -2.86. The lowest BCUT2D eigenvalue weighted by Crippen LogP contribution is -2.37. The lowest BCUT2D eigenvalue weighted by Gasteiger charge is -2.15. The fourth-order valence-electron chi connectivity index (χ4n) is 2.62. The second kappa shape index (κ2) is 10.4. The number of guanidine groups is 1. The number of nitrogens with zero attached hydrogens (tertiary/aromatic N) is 1. The van der Waals surface area contributed by atoms with E-state index in [9.17, 15) is 13.9 Å². The summed E-state index contributed by atoms with van der Waals surface area (Å²) in [6.45, 7) is 0.0612. The number of rotatable bonds is 8. The summed E-state index contributed by atoms with van der Waals surface area (Å²) in [7, 11) is 1.65. The molecule has 5 nitrogen and oxygen atoms in total. The summed E-state index contributed by atoms with van der Waals surface area (Å²) in [5.41, 5.74) is 2.75. The molecule has 27 heavy (non-hydrogen) atoms. The van der Waals surface area contributed by atoms with E-state index in [0.29, 0.717) is 24.6 Å². The summed E-state index contributed by atoms with van der Waals surface area (Å²) < 4.78 is 29.7. The van der Waals surface area contributed by atoms with E-state index in [1.807, 2.05) is 25.1 Å². The Morgan fingerprint density at radius 2 is 1.89 bits per heavy atom. The van der Waals surface area contributed by atoms with Gasteiger partial charge in [0.1, 0.15) is 11.5 Å². The molecule has 0 aliphatic heterocycles. The van der Waals surface area contributed by atoms with Gasteiger partial charge >= 0.3 is 6.61 Å². The Labute approximate surface area is 158 Å². The van der Waals surface area contributed by atoms with Crippen LogP contribution in [0.5, 0.6) is 11.5 Å². The van der Waals surface area contributed by atoms with Gasteiger partial charge in [-0.25, -0.2) is 0 Å². The molecule has 0 aromatic heterocycles.